The van der Waals surface area contributed by atoms with Crippen LogP contribution in [0.4, 0.5) is 4.79 Å². The fourth-order valence-electron chi connectivity index (χ4n) is 2.04. The fourth-order valence-corrected chi connectivity index (χ4v) is 2.04. The van der Waals surface area contributed by atoms with E-state index in [1.165, 1.54) is 0 Å². The van der Waals surface area contributed by atoms with Gasteiger partial charge in [-0.1, -0.05) is 24.3 Å². The van der Waals surface area contributed by atoms with E-state index >= 15 is 0 Å². The van der Waals surface area contributed by atoms with Crippen LogP contribution in [-0.4, -0.2) is 38.1 Å². The molecule has 3 N–H and O–H groups in total. The summed E-state index contributed by atoms with van der Waals surface area (Å²) in [6.45, 7) is 3.57. The Morgan fingerprint density at radius 3 is 2.46 bits per heavy atom. The van der Waals surface area contributed by atoms with Crippen LogP contribution in [0.3, 0.4) is 0 Å². The lowest BCUT2D eigenvalue weighted by Gasteiger charge is -2.07. The third-order valence-electron chi connectivity index (χ3n) is 3.27. The van der Waals surface area contributed by atoms with Crippen molar-refractivity contribution in [1.82, 2.24) is 16.0 Å². The number of carbonyl (C=O) groups is 3. The standard InChI is InChI=1S/C17H25N3O4/c1-2-24-17(23)20-10-3-4-16(22)19-11-9-14-5-7-15(8-6-14)12-18-13-21/h5-8,13H,2-4,9-12H2,1H3,(H,18,21)(H,19,22)(H,20,23). The SMILES string of the molecule is CCOC(=O)NCCCC(=O)NCCc1ccc(CNC=O)cc1. The number of nitrogens with one attached hydrogen (secondary N) is 3. The number of carbonyl (C=O) groups excluding carboxylic acids is 3. The van der Waals surface area contributed by atoms with Gasteiger partial charge in [-0.25, -0.2) is 4.79 Å². The Morgan fingerprint density at radius 1 is 1.08 bits per heavy atom. The van der Waals surface area contributed by atoms with Gasteiger partial charge in [0.25, 0.3) is 0 Å². The number of rotatable bonds is 11. The van der Waals surface area contributed by atoms with Gasteiger partial charge in [-0.05, 0) is 30.9 Å². The van der Waals surface area contributed by atoms with Gasteiger partial charge in [0, 0.05) is 26.1 Å². The molecule has 0 spiro atoms. The lowest BCUT2D eigenvalue weighted by atomic mass is 10.1. The van der Waals surface area contributed by atoms with Gasteiger partial charge in [0.15, 0.2) is 0 Å². The molecule has 0 saturated carbocycles. The summed E-state index contributed by atoms with van der Waals surface area (Å²) in [4.78, 5) is 33.0. The van der Waals surface area contributed by atoms with Crippen LogP contribution in [0.15, 0.2) is 24.3 Å². The highest BCUT2D eigenvalue weighted by Crippen LogP contribution is 2.04. The molecule has 0 aromatic heterocycles. The Morgan fingerprint density at radius 2 is 1.79 bits per heavy atom. The summed E-state index contributed by atoms with van der Waals surface area (Å²) in [6.07, 6.45) is 1.90. The van der Waals surface area contributed by atoms with Gasteiger partial charge in [0.05, 0.1) is 6.61 Å². The van der Waals surface area contributed by atoms with Crippen molar-refractivity contribution in [2.45, 2.75) is 32.7 Å². The first kappa shape index (κ1) is 19.5. The van der Waals surface area contributed by atoms with E-state index in [-0.39, 0.29) is 5.91 Å². The van der Waals surface area contributed by atoms with E-state index in [1.54, 1.807) is 6.92 Å². The Kier molecular flexibility index (Phi) is 9.68. The van der Waals surface area contributed by atoms with E-state index in [0.717, 1.165) is 17.5 Å². The molecule has 0 saturated heterocycles. The van der Waals surface area contributed by atoms with Crippen molar-refractivity contribution in [2.75, 3.05) is 19.7 Å². The lowest BCUT2D eigenvalue weighted by molar-refractivity contribution is -0.121. The highest BCUT2D eigenvalue weighted by Gasteiger charge is 2.03. The van der Waals surface area contributed by atoms with E-state index in [4.69, 9.17) is 4.74 Å². The maximum Gasteiger partial charge on any atom is 0.407 e. The van der Waals surface area contributed by atoms with Crippen LogP contribution in [0.2, 0.25) is 0 Å². The van der Waals surface area contributed by atoms with Crippen LogP contribution in [0.5, 0.6) is 0 Å². The van der Waals surface area contributed by atoms with Gasteiger partial charge in [-0.2, -0.15) is 0 Å². The molecule has 3 amide bonds. The van der Waals surface area contributed by atoms with Crippen molar-refractivity contribution < 1.29 is 19.1 Å². The molecule has 1 rings (SSSR count). The molecule has 1 aromatic carbocycles. The number of benzene rings is 1. The lowest BCUT2D eigenvalue weighted by Crippen LogP contribution is -2.28. The quantitative estimate of drug-likeness (QED) is 0.417. The number of ether oxygens (including phenoxy) is 1. The van der Waals surface area contributed by atoms with Crippen molar-refractivity contribution in [3.8, 4) is 0 Å². The zero-order valence-corrected chi connectivity index (χ0v) is 14.0. The van der Waals surface area contributed by atoms with Crippen molar-refractivity contribution in [3.05, 3.63) is 35.4 Å². The summed E-state index contributed by atoms with van der Waals surface area (Å²) >= 11 is 0. The monoisotopic (exact) mass is 335 g/mol. The molecule has 0 aliphatic heterocycles. The zero-order valence-electron chi connectivity index (χ0n) is 14.0. The topological polar surface area (TPSA) is 96.5 Å². The third kappa shape index (κ3) is 8.77. The molecule has 7 heteroatoms. The maximum absolute atomic E-state index is 11.7. The van der Waals surface area contributed by atoms with Crippen LogP contribution >= 0.6 is 0 Å². The minimum Gasteiger partial charge on any atom is -0.450 e. The van der Waals surface area contributed by atoms with E-state index in [0.29, 0.717) is 45.5 Å². The molecule has 0 heterocycles. The molecule has 0 atom stereocenters. The summed E-state index contributed by atoms with van der Waals surface area (Å²) in [7, 11) is 0. The second kappa shape index (κ2) is 11.9. The second-order valence-electron chi connectivity index (χ2n) is 5.17. The summed E-state index contributed by atoms with van der Waals surface area (Å²) in [6, 6.07) is 7.87. The average molecular weight is 335 g/mol. The van der Waals surface area contributed by atoms with E-state index in [9.17, 15) is 14.4 Å². The first-order chi connectivity index (χ1) is 11.7. The van der Waals surface area contributed by atoms with Crippen molar-refractivity contribution in [1.29, 1.82) is 0 Å². The average Bonchev–Trinajstić information content (AvgIpc) is 2.58. The van der Waals surface area contributed by atoms with Gasteiger partial charge in [0.2, 0.25) is 12.3 Å². The normalized spacial score (nSPS) is 9.88. The summed E-state index contributed by atoms with van der Waals surface area (Å²) in [5, 5.41) is 8.03. The first-order valence-electron chi connectivity index (χ1n) is 8.08. The highest BCUT2D eigenvalue weighted by molar-refractivity contribution is 5.75. The number of hydrogen-bond donors (Lipinski definition) is 3. The molecule has 0 unspecified atom stereocenters. The summed E-state index contributed by atoms with van der Waals surface area (Å²) in [5.74, 6) is -0.0348. The van der Waals surface area contributed by atoms with Gasteiger partial charge in [-0.15, -0.1) is 0 Å². The predicted molar refractivity (Wildman–Crippen MR) is 90.3 cm³/mol. The number of hydrogen-bond acceptors (Lipinski definition) is 4. The van der Waals surface area contributed by atoms with Crippen LogP contribution in [0.1, 0.15) is 30.9 Å². The Balaban J connectivity index is 2.12. The molecule has 1 aromatic rings. The second-order valence-corrected chi connectivity index (χ2v) is 5.17. The Labute approximate surface area is 142 Å². The maximum atomic E-state index is 11.7. The molecule has 7 nitrogen and oxygen atoms in total. The summed E-state index contributed by atoms with van der Waals surface area (Å²) < 4.78 is 4.72. The van der Waals surface area contributed by atoms with Gasteiger partial charge < -0.3 is 20.7 Å². The first-order valence-corrected chi connectivity index (χ1v) is 8.08. The molecule has 0 bridgehead atoms. The smallest absolute Gasteiger partial charge is 0.407 e. The Hall–Kier alpha value is -2.57. The van der Waals surface area contributed by atoms with E-state index < -0.39 is 6.09 Å². The number of alkyl carbamates (subject to hydrolysis) is 1. The molecular formula is C17H25N3O4. The molecule has 0 aliphatic carbocycles. The van der Waals surface area contributed by atoms with Gasteiger partial charge >= 0.3 is 6.09 Å². The minimum absolute atomic E-state index is 0.0348. The molecule has 0 aliphatic rings. The van der Waals surface area contributed by atoms with Crippen LogP contribution in [0.25, 0.3) is 0 Å². The zero-order chi connectivity index (χ0) is 17.6. The van der Waals surface area contributed by atoms with Crippen molar-refractivity contribution >= 4 is 18.4 Å². The van der Waals surface area contributed by atoms with Crippen molar-refractivity contribution in [3.63, 3.8) is 0 Å². The van der Waals surface area contributed by atoms with Crippen LogP contribution in [-0.2, 0) is 27.3 Å². The van der Waals surface area contributed by atoms with E-state index in [2.05, 4.69) is 16.0 Å². The molecular weight excluding hydrogens is 310 g/mol. The van der Waals surface area contributed by atoms with Gasteiger partial charge in [-0.3, -0.25) is 9.59 Å². The largest absolute Gasteiger partial charge is 0.450 e. The molecule has 0 radical (unpaired) electrons. The minimum atomic E-state index is -0.454. The van der Waals surface area contributed by atoms with Gasteiger partial charge in [0.1, 0.15) is 0 Å². The van der Waals surface area contributed by atoms with Crippen LogP contribution in [0, 0.1) is 0 Å². The molecule has 0 fully saturated rings. The third-order valence-corrected chi connectivity index (χ3v) is 3.27. The highest BCUT2D eigenvalue weighted by atomic mass is 16.5. The Bertz CT molecular complexity index is 517. The van der Waals surface area contributed by atoms with Crippen molar-refractivity contribution in [2.24, 2.45) is 0 Å². The van der Waals surface area contributed by atoms with Crippen LogP contribution < -0.4 is 16.0 Å². The predicted octanol–water partition coefficient (Wildman–Crippen LogP) is 1.12. The fraction of sp³-hybridized carbons (Fsp3) is 0.471. The molecule has 24 heavy (non-hydrogen) atoms. The summed E-state index contributed by atoms with van der Waals surface area (Å²) in [5.41, 5.74) is 2.15. The van der Waals surface area contributed by atoms with E-state index in [1.807, 2.05) is 24.3 Å². The number of amides is 3. The molecule has 132 valence electrons.